The highest BCUT2D eigenvalue weighted by molar-refractivity contribution is 5.98. The molecule has 0 fully saturated rings. The molecule has 50 heavy (non-hydrogen) atoms. The molecule has 0 aliphatic heterocycles. The Morgan fingerprint density at radius 2 is 1.14 bits per heavy atom. The third-order valence-corrected chi connectivity index (χ3v) is 9.82. The van der Waals surface area contributed by atoms with E-state index < -0.39 is 0 Å². The minimum atomic E-state index is 0.275. The lowest BCUT2D eigenvalue weighted by atomic mass is 9.88. The molecule has 0 unspecified atom stereocenters. The molecule has 246 valence electrons. The van der Waals surface area contributed by atoms with Crippen LogP contribution in [0.15, 0.2) is 132 Å². The van der Waals surface area contributed by atoms with Gasteiger partial charge < -0.3 is 4.42 Å². The normalized spacial score (nSPS) is 11.8. The molecule has 0 saturated heterocycles. The van der Waals surface area contributed by atoms with Crippen molar-refractivity contribution in [1.29, 1.82) is 0 Å². The number of aryl methyl sites for hydroxylation is 2. The van der Waals surface area contributed by atoms with E-state index in [2.05, 4.69) is 143 Å². The zero-order valence-electron chi connectivity index (χ0n) is 29.5. The molecule has 0 bridgehead atoms. The van der Waals surface area contributed by atoms with E-state index in [4.69, 9.17) is 14.4 Å². The van der Waals surface area contributed by atoms with E-state index in [9.17, 15) is 0 Å². The fourth-order valence-corrected chi connectivity index (χ4v) is 7.35. The summed E-state index contributed by atoms with van der Waals surface area (Å²) >= 11 is 0. The molecule has 0 N–H and O–H groups in total. The summed E-state index contributed by atoms with van der Waals surface area (Å²) < 4.78 is 9.04. The van der Waals surface area contributed by atoms with Gasteiger partial charge in [0.2, 0.25) is 5.89 Å². The summed E-state index contributed by atoms with van der Waals surface area (Å²) in [4.78, 5) is 10.5. The van der Waals surface area contributed by atoms with Crippen LogP contribution in [0.3, 0.4) is 0 Å². The van der Waals surface area contributed by atoms with Crippen LogP contribution in [-0.2, 0) is 0 Å². The van der Waals surface area contributed by atoms with Crippen LogP contribution in [0.5, 0.6) is 0 Å². The first-order chi connectivity index (χ1) is 24.3. The first-order valence-electron chi connectivity index (χ1n) is 17.6. The summed E-state index contributed by atoms with van der Waals surface area (Å²) in [6.45, 7) is 13.5. The molecular weight excluding hydrogens is 611 g/mol. The molecule has 0 radical (unpaired) electrons. The van der Waals surface area contributed by atoms with Crippen molar-refractivity contribution < 1.29 is 4.42 Å². The van der Waals surface area contributed by atoms with Crippen LogP contribution in [0.2, 0.25) is 0 Å². The van der Waals surface area contributed by atoms with Crippen LogP contribution < -0.4 is 0 Å². The number of para-hydroxylation sites is 2. The standard InChI is InChI=1S/C46H41N3O/c1-28(2)36-24-34(32-18-9-7-10-19-32)25-37(29(3)4)43(36)49-41-23-14-13-22-39(41)47-45(49)35-26-38(42-30(5)16-15-17-31(42)6)44-40(27-35)48-46(50-44)33-20-11-8-12-21-33/h7-29H,1-6H3. The lowest BCUT2D eigenvalue weighted by molar-refractivity contribution is 0.620. The molecule has 0 amide bonds. The first-order valence-corrected chi connectivity index (χ1v) is 17.6. The van der Waals surface area contributed by atoms with Gasteiger partial charge in [0.15, 0.2) is 5.58 Å². The summed E-state index contributed by atoms with van der Waals surface area (Å²) in [6, 6.07) is 45.0. The van der Waals surface area contributed by atoms with Gasteiger partial charge in [0.05, 0.1) is 16.7 Å². The molecule has 0 aliphatic rings. The monoisotopic (exact) mass is 651 g/mol. The van der Waals surface area contributed by atoms with E-state index in [0.717, 1.165) is 50.2 Å². The molecule has 2 heterocycles. The molecule has 0 aliphatic carbocycles. The van der Waals surface area contributed by atoms with Crippen molar-refractivity contribution in [3.63, 3.8) is 0 Å². The summed E-state index contributed by atoms with van der Waals surface area (Å²) in [5.74, 6) is 2.05. The van der Waals surface area contributed by atoms with Crippen LogP contribution in [0.25, 0.3) is 72.9 Å². The van der Waals surface area contributed by atoms with Crippen LogP contribution >= 0.6 is 0 Å². The highest BCUT2D eigenvalue weighted by atomic mass is 16.3. The fourth-order valence-electron chi connectivity index (χ4n) is 7.35. The van der Waals surface area contributed by atoms with E-state index in [0.29, 0.717) is 5.89 Å². The molecule has 8 aromatic rings. The van der Waals surface area contributed by atoms with Crippen molar-refractivity contribution in [2.75, 3.05) is 0 Å². The van der Waals surface area contributed by atoms with Gasteiger partial charge in [-0.05, 0) is 113 Å². The fraction of sp³-hybridized carbons (Fsp3) is 0.174. The van der Waals surface area contributed by atoms with Gasteiger partial charge in [-0.15, -0.1) is 0 Å². The Kier molecular flexibility index (Phi) is 7.95. The van der Waals surface area contributed by atoms with Crippen molar-refractivity contribution >= 4 is 22.1 Å². The van der Waals surface area contributed by atoms with Crippen LogP contribution in [0, 0.1) is 13.8 Å². The summed E-state index contributed by atoms with van der Waals surface area (Å²) in [5.41, 5.74) is 16.4. The van der Waals surface area contributed by atoms with Crippen LogP contribution in [-0.4, -0.2) is 14.5 Å². The average molecular weight is 652 g/mol. The van der Waals surface area contributed by atoms with Gasteiger partial charge >= 0.3 is 0 Å². The second-order valence-electron chi connectivity index (χ2n) is 14.0. The Balaban J connectivity index is 1.46. The van der Waals surface area contributed by atoms with Crippen molar-refractivity contribution in [1.82, 2.24) is 14.5 Å². The van der Waals surface area contributed by atoms with Gasteiger partial charge in [0.1, 0.15) is 11.3 Å². The number of imidazole rings is 1. The van der Waals surface area contributed by atoms with Gasteiger partial charge in [0, 0.05) is 16.7 Å². The lowest BCUT2D eigenvalue weighted by Crippen LogP contribution is -2.09. The minimum Gasteiger partial charge on any atom is -0.435 e. The maximum atomic E-state index is 6.63. The van der Waals surface area contributed by atoms with Crippen molar-refractivity contribution in [3.8, 4) is 50.8 Å². The topological polar surface area (TPSA) is 43.9 Å². The molecule has 8 rings (SSSR count). The second-order valence-corrected chi connectivity index (χ2v) is 14.0. The number of nitrogens with zero attached hydrogens (tertiary/aromatic N) is 3. The van der Waals surface area contributed by atoms with Crippen LogP contribution in [0.4, 0.5) is 0 Å². The summed E-state index contributed by atoms with van der Waals surface area (Å²) in [7, 11) is 0. The van der Waals surface area contributed by atoms with E-state index >= 15 is 0 Å². The molecule has 2 aromatic heterocycles. The number of oxazole rings is 1. The summed E-state index contributed by atoms with van der Waals surface area (Å²) in [5, 5.41) is 0. The maximum absolute atomic E-state index is 6.63. The highest BCUT2D eigenvalue weighted by Crippen LogP contribution is 2.43. The van der Waals surface area contributed by atoms with E-state index in [1.807, 2.05) is 30.3 Å². The zero-order chi connectivity index (χ0) is 34.5. The SMILES string of the molecule is Cc1cccc(C)c1-c1cc(-c2nc3ccccc3n2-c2c(C(C)C)cc(-c3ccccc3)cc2C(C)C)cc2nc(-c3ccccc3)oc12. The maximum Gasteiger partial charge on any atom is 0.227 e. The number of aromatic nitrogens is 3. The Morgan fingerprint density at radius 1 is 0.540 bits per heavy atom. The Morgan fingerprint density at radius 3 is 1.78 bits per heavy atom. The third kappa shape index (κ3) is 5.42. The zero-order valence-corrected chi connectivity index (χ0v) is 29.5. The Hall–Kier alpha value is -5.74. The number of fused-ring (bicyclic) bond motifs is 2. The lowest BCUT2D eigenvalue weighted by Gasteiger charge is -2.24. The Labute approximate surface area is 294 Å². The molecule has 4 heteroatoms. The second kappa shape index (κ2) is 12.6. The van der Waals surface area contributed by atoms with Crippen LogP contribution in [0.1, 0.15) is 61.8 Å². The molecule has 6 aromatic carbocycles. The van der Waals surface area contributed by atoms with Gasteiger partial charge in [0.25, 0.3) is 0 Å². The number of benzene rings is 6. The van der Waals surface area contributed by atoms with Crippen molar-refractivity contribution in [3.05, 3.63) is 150 Å². The third-order valence-electron chi connectivity index (χ3n) is 9.82. The number of rotatable bonds is 7. The largest absolute Gasteiger partial charge is 0.435 e. The van der Waals surface area contributed by atoms with Gasteiger partial charge in [-0.2, -0.15) is 0 Å². The molecule has 0 atom stereocenters. The minimum absolute atomic E-state index is 0.275. The average Bonchev–Trinajstić information content (AvgIpc) is 3.74. The van der Waals surface area contributed by atoms with Crippen molar-refractivity contribution in [2.24, 2.45) is 0 Å². The molecule has 4 nitrogen and oxygen atoms in total. The highest BCUT2D eigenvalue weighted by Gasteiger charge is 2.25. The van der Waals surface area contributed by atoms with E-state index in [1.165, 1.54) is 39.1 Å². The van der Waals surface area contributed by atoms with Gasteiger partial charge in [-0.3, -0.25) is 4.57 Å². The van der Waals surface area contributed by atoms with Gasteiger partial charge in [-0.1, -0.05) is 107 Å². The Bertz CT molecular complexity index is 2450. The molecule has 0 saturated carbocycles. The van der Waals surface area contributed by atoms with Crippen molar-refractivity contribution in [2.45, 2.75) is 53.4 Å². The predicted octanol–water partition coefficient (Wildman–Crippen LogP) is 12.7. The molecular formula is C46H41N3O. The smallest absolute Gasteiger partial charge is 0.227 e. The summed E-state index contributed by atoms with van der Waals surface area (Å²) in [6.07, 6.45) is 0. The van der Waals surface area contributed by atoms with Gasteiger partial charge in [-0.25, -0.2) is 9.97 Å². The van der Waals surface area contributed by atoms with E-state index in [-0.39, 0.29) is 11.8 Å². The number of hydrogen-bond acceptors (Lipinski definition) is 3. The van der Waals surface area contributed by atoms with E-state index in [1.54, 1.807) is 0 Å². The number of hydrogen-bond donors (Lipinski definition) is 0. The molecule has 0 spiro atoms. The predicted molar refractivity (Wildman–Crippen MR) is 208 cm³/mol. The first kappa shape index (κ1) is 31.5. The quantitative estimate of drug-likeness (QED) is 0.172.